The molecular weight excluding hydrogens is 288 g/mol. The maximum absolute atomic E-state index is 10.9. The Hall–Kier alpha value is -0.980. The molecule has 1 heterocycles. The zero-order chi connectivity index (χ0) is 12.4. The van der Waals surface area contributed by atoms with Gasteiger partial charge in [-0.3, -0.25) is 15.0 Å². The van der Waals surface area contributed by atoms with E-state index in [0.717, 1.165) is 17.4 Å². The lowest BCUT2D eigenvalue weighted by atomic mass is 10.1. The molecule has 0 radical (unpaired) electrons. The molecule has 1 aromatic rings. The van der Waals surface area contributed by atoms with E-state index in [0.29, 0.717) is 18.7 Å². The van der Waals surface area contributed by atoms with Gasteiger partial charge in [-0.25, -0.2) is 0 Å². The topological polar surface area (TPSA) is 66.6 Å². The molecule has 1 saturated heterocycles. The molecule has 17 heavy (non-hydrogen) atoms. The molecule has 6 heteroatoms. The van der Waals surface area contributed by atoms with Gasteiger partial charge in [0.1, 0.15) is 0 Å². The van der Waals surface area contributed by atoms with Gasteiger partial charge in [-0.1, -0.05) is 15.9 Å². The number of nitro benzene ring substituents is 1. The van der Waals surface area contributed by atoms with Gasteiger partial charge in [0.2, 0.25) is 0 Å². The lowest BCUT2D eigenvalue weighted by molar-refractivity contribution is -0.385. The highest BCUT2D eigenvalue weighted by atomic mass is 79.9. The van der Waals surface area contributed by atoms with Gasteiger partial charge in [-0.05, 0) is 18.6 Å². The highest BCUT2D eigenvalue weighted by Crippen LogP contribution is 2.25. The van der Waals surface area contributed by atoms with Gasteiger partial charge in [-0.2, -0.15) is 0 Å². The Morgan fingerprint density at radius 1 is 1.59 bits per heavy atom. The van der Waals surface area contributed by atoms with Gasteiger partial charge >= 0.3 is 0 Å². The van der Waals surface area contributed by atoms with Crippen molar-refractivity contribution in [3.05, 3.63) is 38.3 Å². The molecule has 0 amide bonds. The van der Waals surface area contributed by atoms with Gasteiger partial charge in [0, 0.05) is 35.7 Å². The van der Waals surface area contributed by atoms with Crippen LogP contribution < -0.4 is 0 Å². The largest absolute Gasteiger partial charge is 0.392 e. The summed E-state index contributed by atoms with van der Waals surface area (Å²) in [6.07, 6.45) is 0.433. The van der Waals surface area contributed by atoms with Crippen LogP contribution in [0.25, 0.3) is 0 Å². The third kappa shape index (κ3) is 3.02. The summed E-state index contributed by atoms with van der Waals surface area (Å²) in [5.74, 6) is 0. The average molecular weight is 301 g/mol. The number of hydrogen-bond acceptors (Lipinski definition) is 4. The summed E-state index contributed by atoms with van der Waals surface area (Å²) >= 11 is 3.32. The van der Waals surface area contributed by atoms with Crippen molar-refractivity contribution in [2.45, 2.75) is 19.1 Å². The van der Waals surface area contributed by atoms with E-state index >= 15 is 0 Å². The van der Waals surface area contributed by atoms with Crippen molar-refractivity contribution < 1.29 is 10.0 Å². The average Bonchev–Trinajstić information content (AvgIpc) is 2.63. The van der Waals surface area contributed by atoms with E-state index in [1.807, 2.05) is 4.90 Å². The van der Waals surface area contributed by atoms with Gasteiger partial charge in [0.15, 0.2) is 0 Å². The molecule has 0 saturated carbocycles. The minimum Gasteiger partial charge on any atom is -0.392 e. The van der Waals surface area contributed by atoms with E-state index in [2.05, 4.69) is 15.9 Å². The first-order valence-electron chi connectivity index (χ1n) is 5.39. The second kappa shape index (κ2) is 5.12. The molecule has 1 aliphatic heterocycles. The number of nitrogens with zero attached hydrogens (tertiary/aromatic N) is 2. The second-order valence-corrected chi connectivity index (χ2v) is 5.12. The third-order valence-electron chi connectivity index (χ3n) is 2.88. The predicted octanol–water partition coefficient (Wildman–Crippen LogP) is 1.92. The van der Waals surface area contributed by atoms with Gasteiger partial charge in [0.05, 0.1) is 11.0 Å². The Kier molecular flexibility index (Phi) is 3.76. The van der Waals surface area contributed by atoms with Crippen LogP contribution >= 0.6 is 15.9 Å². The summed E-state index contributed by atoms with van der Waals surface area (Å²) in [4.78, 5) is 12.6. The molecule has 2 rings (SSSR count). The summed E-state index contributed by atoms with van der Waals surface area (Å²) in [6, 6.07) is 4.94. The summed E-state index contributed by atoms with van der Waals surface area (Å²) in [5.41, 5.74) is 0.813. The number of likely N-dealkylation sites (tertiary alicyclic amines) is 1. The number of nitro groups is 1. The SMILES string of the molecule is O=[N+]([O-])c1ccc(Br)cc1CN1CC[C@@H](O)C1. The normalized spacial score (nSPS) is 20.7. The first-order valence-corrected chi connectivity index (χ1v) is 6.19. The Labute approximate surface area is 107 Å². The maximum Gasteiger partial charge on any atom is 0.273 e. The zero-order valence-corrected chi connectivity index (χ0v) is 10.8. The molecule has 1 aromatic carbocycles. The van der Waals surface area contributed by atoms with E-state index in [-0.39, 0.29) is 16.7 Å². The maximum atomic E-state index is 10.9. The smallest absolute Gasteiger partial charge is 0.273 e. The second-order valence-electron chi connectivity index (χ2n) is 4.21. The fraction of sp³-hybridized carbons (Fsp3) is 0.455. The molecule has 1 fully saturated rings. The zero-order valence-electron chi connectivity index (χ0n) is 9.17. The first kappa shape index (κ1) is 12.5. The van der Waals surface area contributed by atoms with Crippen LogP contribution in [0.3, 0.4) is 0 Å². The van der Waals surface area contributed by atoms with Crippen molar-refractivity contribution in [1.82, 2.24) is 4.90 Å². The minimum atomic E-state index is -0.367. The molecule has 1 aliphatic rings. The van der Waals surface area contributed by atoms with Crippen molar-refractivity contribution in [1.29, 1.82) is 0 Å². The highest BCUT2D eigenvalue weighted by Gasteiger charge is 2.23. The standard InChI is InChI=1S/C11H13BrN2O3/c12-9-1-2-11(14(16)17)8(5-9)6-13-4-3-10(15)7-13/h1-2,5,10,15H,3-4,6-7H2/t10-/m1/s1. The van der Waals surface area contributed by atoms with Gasteiger partial charge < -0.3 is 5.11 Å². The highest BCUT2D eigenvalue weighted by molar-refractivity contribution is 9.10. The summed E-state index contributed by atoms with van der Waals surface area (Å²) in [7, 11) is 0. The van der Waals surface area contributed by atoms with Crippen molar-refractivity contribution in [2.24, 2.45) is 0 Å². The first-order chi connectivity index (χ1) is 8.06. The monoisotopic (exact) mass is 300 g/mol. The molecular formula is C11H13BrN2O3. The van der Waals surface area contributed by atoms with Crippen LogP contribution in [-0.4, -0.2) is 34.1 Å². The van der Waals surface area contributed by atoms with E-state index < -0.39 is 0 Å². The molecule has 1 N–H and O–H groups in total. The van der Waals surface area contributed by atoms with E-state index in [1.54, 1.807) is 12.1 Å². The summed E-state index contributed by atoms with van der Waals surface area (Å²) in [5, 5.41) is 20.3. The fourth-order valence-corrected chi connectivity index (χ4v) is 2.46. The van der Waals surface area contributed by atoms with Crippen LogP contribution in [0.4, 0.5) is 5.69 Å². The molecule has 0 aliphatic carbocycles. The molecule has 0 spiro atoms. The molecule has 5 nitrogen and oxygen atoms in total. The van der Waals surface area contributed by atoms with Crippen LogP contribution in [0.1, 0.15) is 12.0 Å². The molecule has 1 atom stereocenters. The number of hydrogen-bond donors (Lipinski definition) is 1. The molecule has 0 bridgehead atoms. The number of aliphatic hydroxyl groups is 1. The van der Waals surface area contributed by atoms with E-state index in [9.17, 15) is 15.2 Å². The number of aliphatic hydroxyl groups excluding tert-OH is 1. The Balaban J connectivity index is 2.19. The van der Waals surface area contributed by atoms with Crippen molar-refractivity contribution in [3.63, 3.8) is 0 Å². The van der Waals surface area contributed by atoms with Crippen molar-refractivity contribution in [3.8, 4) is 0 Å². The van der Waals surface area contributed by atoms with E-state index in [4.69, 9.17) is 0 Å². The van der Waals surface area contributed by atoms with E-state index in [1.165, 1.54) is 6.07 Å². The lowest BCUT2D eigenvalue weighted by Gasteiger charge is -2.14. The number of β-amino-alcohol motifs (C(OH)–C–C–N with tert-alkyl or cyclic N) is 1. The van der Waals surface area contributed by atoms with Gasteiger partial charge in [-0.15, -0.1) is 0 Å². The lowest BCUT2D eigenvalue weighted by Crippen LogP contribution is -2.22. The molecule has 0 aromatic heterocycles. The Morgan fingerprint density at radius 2 is 2.35 bits per heavy atom. The summed E-state index contributed by atoms with van der Waals surface area (Å²) < 4.78 is 0.831. The van der Waals surface area contributed by atoms with Crippen LogP contribution in [0.5, 0.6) is 0 Å². The predicted molar refractivity (Wildman–Crippen MR) is 66.7 cm³/mol. The van der Waals surface area contributed by atoms with Crippen molar-refractivity contribution in [2.75, 3.05) is 13.1 Å². The van der Waals surface area contributed by atoms with Crippen LogP contribution in [0.15, 0.2) is 22.7 Å². The minimum absolute atomic E-state index is 0.134. The third-order valence-corrected chi connectivity index (χ3v) is 3.37. The van der Waals surface area contributed by atoms with Crippen LogP contribution in [0.2, 0.25) is 0 Å². The quantitative estimate of drug-likeness (QED) is 0.684. The Morgan fingerprint density at radius 3 is 2.94 bits per heavy atom. The van der Waals surface area contributed by atoms with Gasteiger partial charge in [0.25, 0.3) is 5.69 Å². The van der Waals surface area contributed by atoms with Crippen molar-refractivity contribution >= 4 is 21.6 Å². The Bertz CT molecular complexity index is 439. The van der Waals surface area contributed by atoms with Crippen LogP contribution in [-0.2, 0) is 6.54 Å². The summed E-state index contributed by atoms with van der Waals surface area (Å²) in [6.45, 7) is 1.88. The number of rotatable bonds is 3. The molecule has 0 unspecified atom stereocenters. The number of benzene rings is 1. The van der Waals surface area contributed by atoms with Crippen LogP contribution in [0, 0.1) is 10.1 Å². The molecule has 92 valence electrons. The fourth-order valence-electron chi connectivity index (χ4n) is 2.06. The number of halogens is 1.